The average Bonchev–Trinajstić information content (AvgIpc) is 2.20. The number of hydrogen-bond donors (Lipinski definition) is 2. The van der Waals surface area contributed by atoms with Crippen LogP contribution in [0.25, 0.3) is 0 Å². The van der Waals surface area contributed by atoms with Gasteiger partial charge in [0.15, 0.2) is 0 Å². The quantitative estimate of drug-likeness (QED) is 0.876. The summed E-state index contributed by atoms with van der Waals surface area (Å²) in [5, 5.41) is 3.45. The average molecular weight is 312 g/mol. The molecule has 0 aromatic carbocycles. The molecule has 0 bridgehead atoms. The van der Waals surface area contributed by atoms with Gasteiger partial charge in [-0.3, -0.25) is 4.79 Å². The summed E-state index contributed by atoms with van der Waals surface area (Å²) in [5.41, 5.74) is 7.29. The molecule has 3 N–H and O–H groups in total. The predicted molar refractivity (Wildman–Crippen MR) is 75.7 cm³/mol. The highest BCUT2D eigenvalue weighted by molar-refractivity contribution is 9.10. The lowest BCUT2D eigenvalue weighted by Gasteiger charge is -2.57. The van der Waals surface area contributed by atoms with Crippen molar-refractivity contribution in [3.8, 4) is 0 Å². The van der Waals surface area contributed by atoms with Crippen LogP contribution in [0.15, 0.2) is 21.5 Å². The Balaban J connectivity index is 1.65. The maximum atomic E-state index is 11.6. The number of anilines is 1. The van der Waals surface area contributed by atoms with Gasteiger partial charge in [0.2, 0.25) is 0 Å². The van der Waals surface area contributed by atoms with Crippen LogP contribution in [0.2, 0.25) is 0 Å². The van der Waals surface area contributed by atoms with Gasteiger partial charge < -0.3 is 15.6 Å². The standard InChI is InChI=1S/C13H18BrN3O/c1-17-7-10(14)11(2-12(17)18)16-9-5-13(6-9)3-8(15)4-13/h2,7-9,16H,3-6,15H2,1H3. The minimum atomic E-state index is 0.0143. The summed E-state index contributed by atoms with van der Waals surface area (Å²) in [6.45, 7) is 0. The van der Waals surface area contributed by atoms with Crippen molar-refractivity contribution < 1.29 is 0 Å². The number of nitrogens with two attached hydrogens (primary N) is 1. The second-order valence-electron chi connectivity index (χ2n) is 5.90. The second-order valence-corrected chi connectivity index (χ2v) is 6.76. The summed E-state index contributed by atoms with van der Waals surface area (Å²) in [4.78, 5) is 11.6. The molecule has 18 heavy (non-hydrogen) atoms. The van der Waals surface area contributed by atoms with Crippen LogP contribution in [0.4, 0.5) is 5.69 Å². The van der Waals surface area contributed by atoms with E-state index in [0.29, 0.717) is 17.5 Å². The molecule has 0 saturated heterocycles. The maximum absolute atomic E-state index is 11.6. The highest BCUT2D eigenvalue weighted by atomic mass is 79.9. The zero-order valence-corrected chi connectivity index (χ0v) is 12.0. The summed E-state index contributed by atoms with van der Waals surface area (Å²) >= 11 is 3.49. The van der Waals surface area contributed by atoms with Gasteiger partial charge in [0, 0.05) is 31.4 Å². The number of nitrogens with one attached hydrogen (secondary N) is 1. The predicted octanol–water partition coefficient (Wildman–Crippen LogP) is 1.83. The monoisotopic (exact) mass is 311 g/mol. The molecular weight excluding hydrogens is 294 g/mol. The summed E-state index contributed by atoms with van der Waals surface area (Å²) in [5.74, 6) is 0. The van der Waals surface area contributed by atoms with Gasteiger partial charge in [0.1, 0.15) is 0 Å². The van der Waals surface area contributed by atoms with E-state index in [4.69, 9.17) is 5.73 Å². The Morgan fingerprint density at radius 1 is 1.44 bits per heavy atom. The van der Waals surface area contributed by atoms with Gasteiger partial charge in [0.25, 0.3) is 5.56 Å². The van der Waals surface area contributed by atoms with Crippen LogP contribution in [0.5, 0.6) is 0 Å². The van der Waals surface area contributed by atoms with E-state index >= 15 is 0 Å². The minimum absolute atomic E-state index is 0.0143. The number of pyridine rings is 1. The first-order valence-electron chi connectivity index (χ1n) is 6.36. The van der Waals surface area contributed by atoms with Gasteiger partial charge >= 0.3 is 0 Å². The smallest absolute Gasteiger partial charge is 0.252 e. The Morgan fingerprint density at radius 3 is 2.72 bits per heavy atom. The summed E-state index contributed by atoms with van der Waals surface area (Å²) in [7, 11) is 1.75. The van der Waals surface area contributed by atoms with E-state index in [1.165, 1.54) is 25.7 Å². The van der Waals surface area contributed by atoms with Gasteiger partial charge in [0.05, 0.1) is 10.2 Å². The molecule has 5 heteroatoms. The molecule has 2 fully saturated rings. The first-order chi connectivity index (χ1) is 8.47. The van der Waals surface area contributed by atoms with Crippen LogP contribution in [-0.2, 0) is 7.05 Å². The van der Waals surface area contributed by atoms with E-state index in [0.717, 1.165) is 10.2 Å². The van der Waals surface area contributed by atoms with Gasteiger partial charge in [-0.25, -0.2) is 0 Å². The van der Waals surface area contributed by atoms with Crippen molar-refractivity contribution in [2.75, 3.05) is 5.32 Å². The number of rotatable bonds is 2. The van der Waals surface area contributed by atoms with E-state index in [-0.39, 0.29) is 5.56 Å². The van der Waals surface area contributed by atoms with E-state index in [1.807, 2.05) is 0 Å². The van der Waals surface area contributed by atoms with E-state index in [2.05, 4.69) is 21.2 Å². The molecule has 4 nitrogen and oxygen atoms in total. The number of aryl methyl sites for hydroxylation is 1. The zero-order chi connectivity index (χ0) is 12.9. The number of halogens is 1. The molecule has 1 heterocycles. The molecule has 1 aromatic heterocycles. The van der Waals surface area contributed by atoms with Crippen molar-refractivity contribution in [2.45, 2.75) is 37.8 Å². The lowest BCUT2D eigenvalue weighted by atomic mass is 9.52. The van der Waals surface area contributed by atoms with Crippen molar-refractivity contribution in [1.29, 1.82) is 0 Å². The third kappa shape index (κ3) is 1.99. The molecule has 3 rings (SSSR count). The van der Waals surface area contributed by atoms with Crippen LogP contribution >= 0.6 is 15.9 Å². The Hall–Kier alpha value is -0.810. The molecule has 0 amide bonds. The molecule has 2 aliphatic carbocycles. The first-order valence-corrected chi connectivity index (χ1v) is 7.15. The summed E-state index contributed by atoms with van der Waals surface area (Å²) < 4.78 is 2.51. The molecule has 0 atom stereocenters. The first kappa shape index (κ1) is 12.2. The summed E-state index contributed by atoms with van der Waals surface area (Å²) in [6, 6.07) is 2.56. The van der Waals surface area contributed by atoms with Crippen LogP contribution in [0.1, 0.15) is 25.7 Å². The van der Waals surface area contributed by atoms with Crippen molar-refractivity contribution >= 4 is 21.6 Å². The fourth-order valence-electron chi connectivity index (χ4n) is 3.40. The molecule has 1 spiro atoms. The SMILES string of the molecule is Cn1cc(Br)c(NC2CC3(CC(N)C3)C2)cc1=O. The fourth-order valence-corrected chi connectivity index (χ4v) is 3.94. The van der Waals surface area contributed by atoms with Crippen LogP contribution in [0, 0.1) is 5.41 Å². The lowest BCUT2D eigenvalue weighted by Crippen LogP contribution is -2.57. The highest BCUT2D eigenvalue weighted by Crippen LogP contribution is 2.55. The van der Waals surface area contributed by atoms with E-state index < -0.39 is 0 Å². The fraction of sp³-hybridized carbons (Fsp3) is 0.615. The van der Waals surface area contributed by atoms with Gasteiger partial charge in [-0.05, 0) is 47.0 Å². The number of aromatic nitrogens is 1. The van der Waals surface area contributed by atoms with E-state index in [1.54, 1.807) is 23.9 Å². The minimum Gasteiger partial charge on any atom is -0.381 e. The van der Waals surface area contributed by atoms with Crippen molar-refractivity contribution in [3.63, 3.8) is 0 Å². The van der Waals surface area contributed by atoms with Gasteiger partial charge in [-0.1, -0.05) is 0 Å². The second kappa shape index (κ2) is 4.10. The van der Waals surface area contributed by atoms with Crippen molar-refractivity contribution in [1.82, 2.24) is 4.57 Å². The van der Waals surface area contributed by atoms with E-state index in [9.17, 15) is 4.79 Å². The molecule has 2 aliphatic rings. The Bertz CT molecular complexity index is 526. The Labute approximate surface area is 115 Å². The largest absolute Gasteiger partial charge is 0.381 e. The van der Waals surface area contributed by atoms with Crippen LogP contribution < -0.4 is 16.6 Å². The Morgan fingerprint density at radius 2 is 2.11 bits per heavy atom. The van der Waals surface area contributed by atoms with Crippen LogP contribution in [0.3, 0.4) is 0 Å². The molecule has 0 radical (unpaired) electrons. The third-order valence-corrected chi connectivity index (χ3v) is 4.92. The van der Waals surface area contributed by atoms with Gasteiger partial charge in [-0.2, -0.15) is 0 Å². The Kier molecular flexibility index (Phi) is 2.79. The van der Waals surface area contributed by atoms with Crippen molar-refractivity contribution in [3.05, 3.63) is 27.1 Å². The molecule has 2 saturated carbocycles. The molecule has 1 aromatic rings. The highest BCUT2D eigenvalue weighted by Gasteiger charge is 2.51. The molecular formula is C13H18BrN3O. The maximum Gasteiger partial charge on any atom is 0.252 e. The molecule has 0 aliphatic heterocycles. The lowest BCUT2D eigenvalue weighted by molar-refractivity contribution is 0.00119. The third-order valence-electron chi connectivity index (χ3n) is 4.29. The number of hydrogen-bond acceptors (Lipinski definition) is 3. The number of nitrogens with zero attached hydrogens (tertiary/aromatic N) is 1. The zero-order valence-electron chi connectivity index (χ0n) is 10.4. The normalized spacial score (nSPS) is 33.9. The van der Waals surface area contributed by atoms with Crippen molar-refractivity contribution in [2.24, 2.45) is 18.2 Å². The molecule has 98 valence electrons. The van der Waals surface area contributed by atoms with Gasteiger partial charge in [-0.15, -0.1) is 0 Å². The molecule has 0 unspecified atom stereocenters. The summed E-state index contributed by atoms with van der Waals surface area (Å²) in [6.07, 6.45) is 6.51. The van der Waals surface area contributed by atoms with Crippen LogP contribution in [-0.4, -0.2) is 16.7 Å². The topological polar surface area (TPSA) is 60.1 Å².